The van der Waals surface area contributed by atoms with Gasteiger partial charge in [-0.1, -0.05) is 133 Å². The summed E-state index contributed by atoms with van der Waals surface area (Å²) in [5, 5.41) is 10.8. The van der Waals surface area contributed by atoms with Crippen LogP contribution < -0.4 is 0 Å². The number of hydrogen-bond acceptors (Lipinski definition) is 3. The van der Waals surface area contributed by atoms with E-state index in [2.05, 4.69) is 155 Å². The van der Waals surface area contributed by atoms with Gasteiger partial charge in [-0.3, -0.25) is 4.57 Å². The molecule has 13 rings (SSSR count). The number of fused-ring (bicyclic) bond motifs is 15. The summed E-state index contributed by atoms with van der Waals surface area (Å²) < 4.78 is 11.5. The fourth-order valence-corrected chi connectivity index (χ4v) is 9.31. The van der Waals surface area contributed by atoms with Gasteiger partial charge in [-0.05, 0) is 58.3 Å². The summed E-state index contributed by atoms with van der Waals surface area (Å²) in [4.78, 5) is 10.7. The molecule has 0 atom stereocenters. The minimum atomic E-state index is 0.651. The number of rotatable bonds is 3. The van der Waals surface area contributed by atoms with Crippen molar-refractivity contribution in [3.8, 4) is 28.3 Å². The highest BCUT2D eigenvalue weighted by atomic mass is 16.3. The second-order valence-electron chi connectivity index (χ2n) is 14.5. The zero-order chi connectivity index (χ0) is 35.8. The molecular formula is C50H28N4O. The van der Waals surface area contributed by atoms with Gasteiger partial charge >= 0.3 is 0 Å². The molecule has 5 heteroatoms. The molecule has 55 heavy (non-hydrogen) atoms. The smallest absolute Gasteiger partial charge is 0.197 e. The van der Waals surface area contributed by atoms with Crippen LogP contribution in [0, 0.1) is 0 Å². The van der Waals surface area contributed by atoms with E-state index >= 15 is 0 Å². The largest absolute Gasteiger partial charge is 0.450 e. The van der Waals surface area contributed by atoms with Crippen LogP contribution in [0.15, 0.2) is 174 Å². The summed E-state index contributed by atoms with van der Waals surface area (Å²) in [5.74, 6) is 1.37. The summed E-state index contributed by atoms with van der Waals surface area (Å²) in [6, 6.07) is 60.4. The SMILES string of the molecule is c1ccc(-c2ccc(-c3nc(-n4c5ccccc5c5c6c7ccccc7n7c8ccc9ccccc9c8c(cc54)c67)c4oc5ccccc5c4n3)cc2)cc1. The normalized spacial score (nSPS) is 12.4. The zero-order valence-electron chi connectivity index (χ0n) is 29.4. The lowest BCUT2D eigenvalue weighted by atomic mass is 9.99. The maximum absolute atomic E-state index is 6.75. The highest BCUT2D eigenvalue weighted by molar-refractivity contribution is 6.37. The van der Waals surface area contributed by atoms with E-state index in [1.807, 2.05) is 24.3 Å². The first-order chi connectivity index (χ1) is 27.3. The third-order valence-corrected chi connectivity index (χ3v) is 11.7. The Morgan fingerprint density at radius 1 is 0.418 bits per heavy atom. The van der Waals surface area contributed by atoms with E-state index in [1.54, 1.807) is 0 Å². The van der Waals surface area contributed by atoms with Gasteiger partial charge in [0.05, 0.1) is 27.6 Å². The van der Waals surface area contributed by atoms with Crippen LogP contribution in [0.5, 0.6) is 0 Å². The standard InChI is InChI=1S/C50H28N4O/c1-2-12-29(13-3-1)30-22-24-32(25-23-30)49-51-46-36-18-8-11-21-42(36)55-48(46)50(52-49)54-39-20-10-6-16-34(39)44-41(54)28-37-43-33-15-5-4-14-31(33)26-27-40(43)53-38-19-9-7-17-35(38)45(44)47(37)53/h1-28H. The molecule has 254 valence electrons. The van der Waals surface area contributed by atoms with Gasteiger partial charge in [-0.25, -0.2) is 9.97 Å². The molecule has 0 saturated heterocycles. The van der Waals surface area contributed by atoms with Crippen LogP contribution in [0.25, 0.3) is 121 Å². The molecule has 0 aliphatic heterocycles. The summed E-state index contributed by atoms with van der Waals surface area (Å²) in [6.07, 6.45) is 0. The molecule has 0 amide bonds. The van der Waals surface area contributed by atoms with E-state index in [9.17, 15) is 0 Å². The molecule has 0 bridgehead atoms. The topological polar surface area (TPSA) is 48.3 Å². The predicted octanol–water partition coefficient (Wildman–Crippen LogP) is 13.1. The minimum absolute atomic E-state index is 0.651. The number of furan rings is 1. The third-order valence-electron chi connectivity index (χ3n) is 11.7. The van der Waals surface area contributed by atoms with Crippen LogP contribution in [0.2, 0.25) is 0 Å². The van der Waals surface area contributed by atoms with Crippen molar-refractivity contribution in [2.75, 3.05) is 0 Å². The molecular weight excluding hydrogens is 673 g/mol. The van der Waals surface area contributed by atoms with Crippen molar-refractivity contribution in [1.82, 2.24) is 18.9 Å². The van der Waals surface area contributed by atoms with Crippen LogP contribution >= 0.6 is 0 Å². The third kappa shape index (κ3) is 3.81. The molecule has 5 heterocycles. The molecule has 0 fully saturated rings. The van der Waals surface area contributed by atoms with Crippen molar-refractivity contribution in [2.24, 2.45) is 0 Å². The van der Waals surface area contributed by atoms with Gasteiger partial charge in [0.1, 0.15) is 11.1 Å². The van der Waals surface area contributed by atoms with Crippen LogP contribution in [0.4, 0.5) is 0 Å². The molecule has 5 nitrogen and oxygen atoms in total. The van der Waals surface area contributed by atoms with Gasteiger partial charge in [0.2, 0.25) is 0 Å². The van der Waals surface area contributed by atoms with Crippen LogP contribution in [-0.4, -0.2) is 18.9 Å². The minimum Gasteiger partial charge on any atom is -0.450 e. The average Bonchev–Trinajstić information content (AvgIpc) is 3.99. The first-order valence-corrected chi connectivity index (χ1v) is 18.7. The Kier molecular flexibility index (Phi) is 5.57. The Hall–Kier alpha value is -7.50. The van der Waals surface area contributed by atoms with E-state index in [-0.39, 0.29) is 0 Å². The number of aromatic nitrogens is 4. The van der Waals surface area contributed by atoms with E-state index in [1.165, 1.54) is 65.2 Å². The fourth-order valence-electron chi connectivity index (χ4n) is 9.31. The highest BCUT2D eigenvalue weighted by Crippen LogP contribution is 2.48. The Labute approximate surface area is 313 Å². The number of para-hydroxylation sites is 3. The van der Waals surface area contributed by atoms with E-state index < -0.39 is 0 Å². The Morgan fingerprint density at radius 3 is 1.91 bits per heavy atom. The molecule has 0 aliphatic carbocycles. The second-order valence-corrected chi connectivity index (χ2v) is 14.5. The van der Waals surface area contributed by atoms with E-state index in [0.717, 1.165) is 44.5 Å². The van der Waals surface area contributed by atoms with E-state index in [4.69, 9.17) is 14.4 Å². The Bertz CT molecular complexity index is 3700. The van der Waals surface area contributed by atoms with Crippen LogP contribution in [0.3, 0.4) is 0 Å². The first-order valence-electron chi connectivity index (χ1n) is 18.7. The Morgan fingerprint density at radius 2 is 1.07 bits per heavy atom. The summed E-state index contributed by atoms with van der Waals surface area (Å²) in [7, 11) is 0. The van der Waals surface area contributed by atoms with Gasteiger partial charge < -0.3 is 8.82 Å². The maximum atomic E-state index is 6.75. The number of benzene rings is 8. The summed E-state index contributed by atoms with van der Waals surface area (Å²) >= 11 is 0. The summed E-state index contributed by atoms with van der Waals surface area (Å²) in [5.41, 5.74) is 11.3. The predicted molar refractivity (Wildman–Crippen MR) is 227 cm³/mol. The van der Waals surface area contributed by atoms with Crippen molar-refractivity contribution >= 4 is 92.7 Å². The van der Waals surface area contributed by atoms with Crippen molar-refractivity contribution in [2.45, 2.75) is 0 Å². The zero-order valence-corrected chi connectivity index (χ0v) is 29.4. The maximum Gasteiger partial charge on any atom is 0.197 e. The van der Waals surface area contributed by atoms with Crippen molar-refractivity contribution in [1.29, 1.82) is 0 Å². The van der Waals surface area contributed by atoms with Gasteiger partial charge in [0, 0.05) is 43.3 Å². The summed E-state index contributed by atoms with van der Waals surface area (Å²) in [6.45, 7) is 0. The van der Waals surface area contributed by atoms with Gasteiger partial charge in [0.25, 0.3) is 0 Å². The van der Waals surface area contributed by atoms with Gasteiger partial charge in [-0.2, -0.15) is 0 Å². The molecule has 0 spiro atoms. The molecule has 13 aromatic rings. The molecule has 8 aromatic carbocycles. The molecule has 0 aliphatic rings. The van der Waals surface area contributed by atoms with Crippen molar-refractivity contribution < 1.29 is 4.42 Å². The molecule has 0 N–H and O–H groups in total. The lowest BCUT2D eigenvalue weighted by Crippen LogP contribution is -2.01. The first kappa shape index (κ1) is 29.0. The quantitative estimate of drug-likeness (QED) is 0.184. The van der Waals surface area contributed by atoms with Gasteiger partial charge in [-0.15, -0.1) is 0 Å². The highest BCUT2D eigenvalue weighted by Gasteiger charge is 2.27. The lowest BCUT2D eigenvalue weighted by Gasteiger charge is -2.11. The van der Waals surface area contributed by atoms with Crippen molar-refractivity contribution in [3.63, 3.8) is 0 Å². The van der Waals surface area contributed by atoms with Crippen molar-refractivity contribution in [3.05, 3.63) is 170 Å². The second kappa shape index (κ2) is 10.6. The lowest BCUT2D eigenvalue weighted by molar-refractivity contribution is 0.662. The van der Waals surface area contributed by atoms with Crippen LogP contribution in [0.1, 0.15) is 0 Å². The molecule has 5 aromatic heterocycles. The monoisotopic (exact) mass is 700 g/mol. The number of nitrogens with zero attached hydrogens (tertiary/aromatic N) is 4. The van der Waals surface area contributed by atoms with E-state index in [0.29, 0.717) is 11.4 Å². The van der Waals surface area contributed by atoms with Gasteiger partial charge in [0.15, 0.2) is 17.2 Å². The average molecular weight is 701 g/mol. The molecule has 0 saturated carbocycles. The fraction of sp³-hybridized carbons (Fsp3) is 0. The molecule has 0 radical (unpaired) electrons. The Balaban J connectivity index is 1.20. The molecule has 0 unspecified atom stereocenters. The van der Waals surface area contributed by atoms with Crippen LogP contribution in [-0.2, 0) is 0 Å². The number of hydrogen-bond donors (Lipinski definition) is 0.